The van der Waals surface area contributed by atoms with Crippen LogP contribution in [0.1, 0.15) is 0 Å². The van der Waals surface area contributed by atoms with Crippen LogP contribution in [-0.4, -0.2) is 29.4 Å². The third-order valence-electron chi connectivity index (χ3n) is 0.709. The number of hydrogen-bond donors (Lipinski definition) is 2. The van der Waals surface area contributed by atoms with E-state index in [1.807, 2.05) is 0 Å². The fourth-order valence-corrected chi connectivity index (χ4v) is 0.366. The highest BCUT2D eigenvalue weighted by Gasteiger charge is 2.11. The van der Waals surface area contributed by atoms with Crippen molar-refractivity contribution in [1.82, 2.24) is 0 Å². The Morgan fingerprint density at radius 1 is 1.88 bits per heavy atom. The summed E-state index contributed by atoms with van der Waals surface area (Å²) in [7, 11) is 0. The van der Waals surface area contributed by atoms with E-state index in [1.54, 1.807) is 0 Å². The molecular weight excluding hydrogens is 130 g/mol. The summed E-state index contributed by atoms with van der Waals surface area (Å²) in [6.07, 6.45) is 0.445. The van der Waals surface area contributed by atoms with Crippen LogP contribution in [0, 0.1) is 0 Å². The summed E-state index contributed by atoms with van der Waals surface area (Å²) in [5.41, 5.74) is 4.97. The van der Waals surface area contributed by atoms with Gasteiger partial charge in [-0.1, -0.05) is 0 Å². The van der Waals surface area contributed by atoms with Crippen LogP contribution in [0.4, 0.5) is 0 Å². The highest BCUT2D eigenvalue weighted by atomic mass is 35.5. The molecule has 0 amide bonds. The van der Waals surface area contributed by atoms with Crippen molar-refractivity contribution in [2.75, 3.05) is 5.88 Å². The molecule has 0 aliphatic rings. The molecule has 0 heterocycles. The van der Waals surface area contributed by atoms with E-state index >= 15 is 0 Å². The van der Waals surface area contributed by atoms with Gasteiger partial charge >= 0.3 is 0 Å². The fraction of sp³-hybridized carbons (Fsp3) is 0.750. The third kappa shape index (κ3) is 2.26. The standard InChI is InChI=1S/C4H7ClNO2/c5-1-4(8)3(6)2-7/h3-4,8H,1,6H2/t3-,4?/m1/s1. The summed E-state index contributed by atoms with van der Waals surface area (Å²) >= 11 is 5.12. The van der Waals surface area contributed by atoms with Crippen molar-refractivity contribution < 1.29 is 9.90 Å². The number of aliphatic hydroxyl groups is 1. The molecule has 4 heteroatoms. The van der Waals surface area contributed by atoms with Gasteiger partial charge in [0.2, 0.25) is 6.29 Å². The van der Waals surface area contributed by atoms with E-state index in [1.165, 1.54) is 6.29 Å². The molecule has 0 fully saturated rings. The van der Waals surface area contributed by atoms with Gasteiger partial charge in [-0.25, -0.2) is 0 Å². The van der Waals surface area contributed by atoms with Gasteiger partial charge in [0.25, 0.3) is 0 Å². The summed E-state index contributed by atoms with van der Waals surface area (Å²) in [4.78, 5) is 9.64. The summed E-state index contributed by atoms with van der Waals surface area (Å²) in [5.74, 6) is -0.0313. The second-order valence-corrected chi connectivity index (χ2v) is 1.67. The Bertz CT molecular complexity index is 78.4. The van der Waals surface area contributed by atoms with Crippen LogP contribution in [0.3, 0.4) is 0 Å². The average molecular weight is 137 g/mol. The van der Waals surface area contributed by atoms with Crippen molar-refractivity contribution in [3.8, 4) is 0 Å². The number of alkyl halides is 1. The Labute approximate surface area is 52.4 Å². The van der Waals surface area contributed by atoms with Gasteiger partial charge in [0.15, 0.2) is 0 Å². The molecule has 1 radical (unpaired) electrons. The van der Waals surface area contributed by atoms with Crippen LogP contribution in [0.15, 0.2) is 0 Å². The van der Waals surface area contributed by atoms with Gasteiger partial charge in [0.1, 0.15) is 0 Å². The van der Waals surface area contributed by atoms with E-state index in [0.29, 0.717) is 0 Å². The largest absolute Gasteiger partial charge is 0.390 e. The van der Waals surface area contributed by atoms with Crippen molar-refractivity contribution in [3.63, 3.8) is 0 Å². The van der Waals surface area contributed by atoms with Crippen LogP contribution in [0.25, 0.3) is 0 Å². The van der Waals surface area contributed by atoms with Crippen LogP contribution < -0.4 is 5.73 Å². The molecule has 0 aliphatic heterocycles. The number of aliphatic hydroxyl groups excluding tert-OH is 1. The minimum Gasteiger partial charge on any atom is -0.390 e. The maximum absolute atomic E-state index is 9.64. The van der Waals surface area contributed by atoms with E-state index in [4.69, 9.17) is 22.4 Å². The van der Waals surface area contributed by atoms with Gasteiger partial charge in [-0.05, 0) is 0 Å². The maximum atomic E-state index is 9.64. The minimum atomic E-state index is -0.965. The lowest BCUT2D eigenvalue weighted by Gasteiger charge is -2.06. The van der Waals surface area contributed by atoms with Crippen LogP contribution in [0.5, 0.6) is 0 Å². The number of carbonyl (C=O) groups excluding carboxylic acids is 1. The molecule has 0 spiro atoms. The number of halogens is 1. The van der Waals surface area contributed by atoms with E-state index in [2.05, 4.69) is 0 Å². The molecular formula is C4H7ClNO2. The lowest BCUT2D eigenvalue weighted by atomic mass is 10.2. The summed E-state index contributed by atoms with van der Waals surface area (Å²) in [5, 5.41) is 8.61. The van der Waals surface area contributed by atoms with Crippen LogP contribution in [-0.2, 0) is 4.79 Å². The molecule has 1 unspecified atom stereocenters. The first kappa shape index (κ1) is 7.88. The van der Waals surface area contributed by atoms with Crippen molar-refractivity contribution in [3.05, 3.63) is 0 Å². The Balaban J connectivity index is 3.44. The first-order chi connectivity index (χ1) is 3.72. The molecule has 0 aromatic heterocycles. The van der Waals surface area contributed by atoms with Gasteiger partial charge in [0, 0.05) is 0 Å². The number of rotatable bonds is 3. The Morgan fingerprint density at radius 3 is 2.50 bits per heavy atom. The molecule has 0 saturated carbocycles. The van der Waals surface area contributed by atoms with Crippen molar-refractivity contribution in [2.45, 2.75) is 12.1 Å². The van der Waals surface area contributed by atoms with Crippen LogP contribution >= 0.6 is 11.6 Å². The molecule has 0 bridgehead atoms. The molecule has 47 valence electrons. The van der Waals surface area contributed by atoms with Gasteiger partial charge < -0.3 is 10.8 Å². The zero-order valence-corrected chi connectivity index (χ0v) is 4.93. The maximum Gasteiger partial charge on any atom is 0.219 e. The Hall–Kier alpha value is -0.120. The van der Waals surface area contributed by atoms with Crippen molar-refractivity contribution in [2.24, 2.45) is 5.73 Å². The molecule has 8 heavy (non-hydrogen) atoms. The van der Waals surface area contributed by atoms with Gasteiger partial charge in [-0.2, -0.15) is 0 Å². The van der Waals surface area contributed by atoms with E-state index in [9.17, 15) is 4.79 Å². The van der Waals surface area contributed by atoms with Gasteiger partial charge in [-0.15, -0.1) is 11.6 Å². The SMILES string of the molecule is N[C@H]([C]=O)C(O)CCl. The van der Waals surface area contributed by atoms with Crippen LogP contribution in [0.2, 0.25) is 0 Å². The lowest BCUT2D eigenvalue weighted by Crippen LogP contribution is -2.36. The molecule has 0 aromatic rings. The fourth-order valence-electron chi connectivity index (χ4n) is 0.175. The summed E-state index contributed by atoms with van der Waals surface area (Å²) in [6, 6.07) is -0.965. The quantitative estimate of drug-likeness (QED) is 0.491. The summed E-state index contributed by atoms with van der Waals surface area (Å²) < 4.78 is 0. The number of nitrogens with two attached hydrogens (primary N) is 1. The minimum absolute atomic E-state index is 0.0313. The molecule has 0 saturated heterocycles. The molecule has 2 atom stereocenters. The molecule has 3 nitrogen and oxygen atoms in total. The lowest BCUT2D eigenvalue weighted by molar-refractivity contribution is 0.188. The predicted molar refractivity (Wildman–Crippen MR) is 30.4 cm³/mol. The average Bonchev–Trinajstić information content (AvgIpc) is 1.84. The van der Waals surface area contributed by atoms with Crippen molar-refractivity contribution in [1.29, 1.82) is 0 Å². The molecule has 0 aromatic carbocycles. The van der Waals surface area contributed by atoms with E-state index in [-0.39, 0.29) is 5.88 Å². The normalized spacial score (nSPS) is 17.4. The Kier molecular flexibility index (Phi) is 3.77. The molecule has 0 rings (SSSR count). The molecule has 3 N–H and O–H groups in total. The van der Waals surface area contributed by atoms with E-state index in [0.717, 1.165) is 0 Å². The van der Waals surface area contributed by atoms with Crippen molar-refractivity contribution >= 4 is 17.9 Å². The summed E-state index contributed by atoms with van der Waals surface area (Å²) in [6.45, 7) is 0. The first-order valence-corrected chi connectivity index (χ1v) is 2.63. The second kappa shape index (κ2) is 3.83. The highest BCUT2D eigenvalue weighted by molar-refractivity contribution is 6.18. The first-order valence-electron chi connectivity index (χ1n) is 2.09. The number of hydrogen-bond acceptors (Lipinski definition) is 3. The predicted octanol–water partition coefficient (Wildman–Crippen LogP) is -0.977. The highest BCUT2D eigenvalue weighted by Crippen LogP contribution is 1.88. The van der Waals surface area contributed by atoms with Gasteiger partial charge in [0.05, 0.1) is 18.0 Å². The third-order valence-corrected chi connectivity index (χ3v) is 1.02. The van der Waals surface area contributed by atoms with Gasteiger partial charge in [-0.3, -0.25) is 4.79 Å². The smallest absolute Gasteiger partial charge is 0.219 e. The Morgan fingerprint density at radius 2 is 2.38 bits per heavy atom. The molecule has 0 aliphatic carbocycles. The monoisotopic (exact) mass is 136 g/mol. The second-order valence-electron chi connectivity index (χ2n) is 1.37. The zero-order chi connectivity index (χ0) is 6.57. The van der Waals surface area contributed by atoms with E-state index < -0.39 is 12.1 Å². The topological polar surface area (TPSA) is 63.3 Å². The zero-order valence-electron chi connectivity index (χ0n) is 4.17.